The fourth-order valence-corrected chi connectivity index (χ4v) is 1.97. The molecule has 0 spiro atoms. The van der Waals surface area contributed by atoms with Crippen LogP contribution in [0.1, 0.15) is 42.3 Å². The quantitative estimate of drug-likeness (QED) is 0.843. The highest BCUT2D eigenvalue weighted by Crippen LogP contribution is 2.43. The van der Waals surface area contributed by atoms with E-state index in [4.69, 9.17) is 5.73 Å². The minimum absolute atomic E-state index is 0.426. The fraction of sp³-hybridized carbons (Fsp3) is 0.500. The fourth-order valence-electron chi connectivity index (χ4n) is 1.97. The second kappa shape index (κ2) is 4.09. The second-order valence-corrected chi connectivity index (χ2v) is 4.33. The third kappa shape index (κ3) is 2.76. The average Bonchev–Trinajstić information content (AvgIpc) is 2.98. The summed E-state index contributed by atoms with van der Waals surface area (Å²) in [5.41, 5.74) is 7.28. The maximum atomic E-state index is 12.3. The molecule has 0 bridgehead atoms. The van der Waals surface area contributed by atoms with Gasteiger partial charge in [-0.2, -0.15) is 13.2 Å². The summed E-state index contributed by atoms with van der Waals surface area (Å²) < 4.78 is 36.8. The van der Waals surface area contributed by atoms with E-state index in [1.54, 1.807) is 12.1 Å². The number of nitrogens with two attached hydrogens (primary N) is 1. The van der Waals surface area contributed by atoms with E-state index in [1.807, 2.05) is 12.1 Å². The summed E-state index contributed by atoms with van der Waals surface area (Å²) in [7, 11) is 0. The van der Waals surface area contributed by atoms with Gasteiger partial charge in [-0.3, -0.25) is 0 Å². The van der Waals surface area contributed by atoms with E-state index in [9.17, 15) is 13.2 Å². The predicted molar refractivity (Wildman–Crippen MR) is 56.0 cm³/mol. The Hall–Kier alpha value is -1.03. The van der Waals surface area contributed by atoms with Crippen LogP contribution in [0.15, 0.2) is 24.3 Å². The van der Waals surface area contributed by atoms with Gasteiger partial charge < -0.3 is 5.73 Å². The maximum absolute atomic E-state index is 12.3. The van der Waals surface area contributed by atoms with E-state index >= 15 is 0 Å². The molecule has 1 nitrogen and oxygen atoms in total. The summed E-state index contributed by atoms with van der Waals surface area (Å²) in [6.45, 7) is 0. The van der Waals surface area contributed by atoms with Crippen molar-refractivity contribution in [3.05, 3.63) is 35.4 Å². The maximum Gasteiger partial charge on any atom is 0.390 e. The molecule has 0 amide bonds. The highest BCUT2D eigenvalue weighted by atomic mass is 19.4. The monoisotopic (exact) mass is 229 g/mol. The Morgan fingerprint density at radius 1 is 1.25 bits per heavy atom. The molecule has 2 N–H and O–H groups in total. The smallest absolute Gasteiger partial charge is 0.324 e. The van der Waals surface area contributed by atoms with E-state index in [-0.39, 0.29) is 0 Å². The number of benzene rings is 1. The zero-order valence-electron chi connectivity index (χ0n) is 8.80. The van der Waals surface area contributed by atoms with Crippen molar-refractivity contribution in [3.8, 4) is 0 Å². The lowest BCUT2D eigenvalue weighted by Gasteiger charge is -2.17. The van der Waals surface area contributed by atoms with Gasteiger partial charge in [0.1, 0.15) is 0 Å². The average molecular weight is 229 g/mol. The topological polar surface area (TPSA) is 26.0 Å². The first-order valence-electron chi connectivity index (χ1n) is 5.38. The van der Waals surface area contributed by atoms with Crippen molar-refractivity contribution in [2.75, 3.05) is 0 Å². The molecule has 4 heteroatoms. The minimum atomic E-state index is -4.20. The summed E-state index contributed by atoms with van der Waals surface area (Å²) in [4.78, 5) is 0. The molecule has 1 saturated carbocycles. The van der Waals surface area contributed by atoms with E-state index in [0.29, 0.717) is 11.5 Å². The molecule has 1 aromatic rings. The normalized spacial score (nSPS) is 18.5. The number of rotatable bonds is 3. The van der Waals surface area contributed by atoms with E-state index in [1.165, 1.54) is 0 Å². The van der Waals surface area contributed by atoms with Crippen LogP contribution in [0.25, 0.3) is 0 Å². The summed E-state index contributed by atoms with van der Waals surface area (Å²) >= 11 is 0. The number of hydrogen-bond donors (Lipinski definition) is 1. The highest BCUT2D eigenvalue weighted by molar-refractivity contribution is 5.35. The van der Waals surface area contributed by atoms with Gasteiger partial charge in [-0.1, -0.05) is 24.3 Å². The lowest BCUT2D eigenvalue weighted by Crippen LogP contribution is -2.21. The van der Waals surface area contributed by atoms with Gasteiger partial charge in [0.25, 0.3) is 0 Å². The molecule has 1 aromatic carbocycles. The van der Waals surface area contributed by atoms with Gasteiger partial charge in [-0.15, -0.1) is 0 Å². The highest BCUT2D eigenvalue weighted by Gasteiger charge is 2.33. The molecular formula is C12H14F3N. The van der Waals surface area contributed by atoms with Crippen molar-refractivity contribution < 1.29 is 13.2 Å². The first kappa shape index (κ1) is 11.5. The number of halogens is 3. The van der Waals surface area contributed by atoms with Crippen LogP contribution in [-0.2, 0) is 0 Å². The largest absolute Gasteiger partial charge is 0.390 e. The molecule has 1 aliphatic carbocycles. The van der Waals surface area contributed by atoms with Crippen molar-refractivity contribution in [1.29, 1.82) is 0 Å². The molecule has 0 aromatic heterocycles. The Labute approximate surface area is 92.5 Å². The van der Waals surface area contributed by atoms with Crippen LogP contribution in [0, 0.1) is 0 Å². The molecule has 0 aliphatic heterocycles. The van der Waals surface area contributed by atoms with Crippen LogP contribution >= 0.6 is 0 Å². The zero-order chi connectivity index (χ0) is 11.8. The molecule has 0 heterocycles. The zero-order valence-corrected chi connectivity index (χ0v) is 8.80. The van der Waals surface area contributed by atoms with Gasteiger partial charge in [0.2, 0.25) is 0 Å². The van der Waals surface area contributed by atoms with Crippen LogP contribution in [0.3, 0.4) is 0 Å². The molecule has 1 fully saturated rings. The number of alkyl halides is 3. The lowest BCUT2D eigenvalue weighted by atomic mass is 9.96. The van der Waals surface area contributed by atoms with Gasteiger partial charge >= 0.3 is 6.18 Å². The Morgan fingerprint density at radius 2 is 1.88 bits per heavy atom. The first-order chi connectivity index (χ1) is 7.47. The Morgan fingerprint density at radius 3 is 2.44 bits per heavy atom. The van der Waals surface area contributed by atoms with E-state index < -0.39 is 18.6 Å². The van der Waals surface area contributed by atoms with Crippen molar-refractivity contribution >= 4 is 0 Å². The van der Waals surface area contributed by atoms with E-state index in [2.05, 4.69) is 0 Å². The van der Waals surface area contributed by atoms with Gasteiger partial charge in [0.15, 0.2) is 0 Å². The van der Waals surface area contributed by atoms with Crippen LogP contribution in [-0.4, -0.2) is 6.18 Å². The molecule has 2 rings (SSSR count). The van der Waals surface area contributed by atoms with Crippen molar-refractivity contribution in [1.82, 2.24) is 0 Å². The van der Waals surface area contributed by atoms with Crippen molar-refractivity contribution in [2.45, 2.75) is 37.4 Å². The molecule has 1 aliphatic rings. The third-order valence-electron chi connectivity index (χ3n) is 2.86. The molecule has 88 valence electrons. The first-order valence-corrected chi connectivity index (χ1v) is 5.38. The molecule has 0 unspecified atom stereocenters. The summed E-state index contributed by atoms with van der Waals surface area (Å²) in [5.74, 6) is 0.426. The minimum Gasteiger partial charge on any atom is -0.324 e. The number of hydrogen-bond acceptors (Lipinski definition) is 1. The Bertz CT molecular complexity index is 369. The Balaban J connectivity index is 2.18. The summed E-state index contributed by atoms with van der Waals surface area (Å²) in [5, 5.41) is 0. The third-order valence-corrected chi connectivity index (χ3v) is 2.86. The molecule has 0 radical (unpaired) electrons. The standard InChI is InChI=1S/C12H14F3N/c13-12(14,15)7-11(16)10-4-2-1-3-9(10)8-5-6-8/h1-4,8,11H,5-7,16H2/t11-/m1/s1. The molecule has 16 heavy (non-hydrogen) atoms. The van der Waals surface area contributed by atoms with Gasteiger partial charge in [0, 0.05) is 6.04 Å². The van der Waals surface area contributed by atoms with Gasteiger partial charge in [-0.25, -0.2) is 0 Å². The SMILES string of the molecule is N[C@H](CC(F)(F)F)c1ccccc1C1CC1. The summed E-state index contributed by atoms with van der Waals surface area (Å²) in [6, 6.07) is 6.28. The van der Waals surface area contributed by atoms with Gasteiger partial charge in [0.05, 0.1) is 6.42 Å². The molecular weight excluding hydrogens is 215 g/mol. The lowest BCUT2D eigenvalue weighted by molar-refractivity contribution is -0.138. The Kier molecular flexibility index (Phi) is 2.93. The second-order valence-electron chi connectivity index (χ2n) is 4.33. The van der Waals surface area contributed by atoms with Crippen molar-refractivity contribution in [2.24, 2.45) is 5.73 Å². The van der Waals surface area contributed by atoms with Gasteiger partial charge in [-0.05, 0) is 29.9 Å². The van der Waals surface area contributed by atoms with Crippen molar-refractivity contribution in [3.63, 3.8) is 0 Å². The summed E-state index contributed by atoms with van der Waals surface area (Å²) in [6.07, 6.45) is -3.02. The van der Waals surface area contributed by atoms with Crippen LogP contribution < -0.4 is 5.73 Å². The predicted octanol–water partition coefficient (Wildman–Crippen LogP) is 3.52. The van der Waals surface area contributed by atoms with Crippen LogP contribution in [0.2, 0.25) is 0 Å². The van der Waals surface area contributed by atoms with Crippen LogP contribution in [0.5, 0.6) is 0 Å². The molecule has 0 saturated heterocycles. The van der Waals surface area contributed by atoms with Crippen LogP contribution in [0.4, 0.5) is 13.2 Å². The molecule has 1 atom stereocenters. The van der Waals surface area contributed by atoms with E-state index in [0.717, 1.165) is 18.4 Å².